The average Bonchev–Trinajstić information content (AvgIpc) is 2.18. The van der Waals surface area contributed by atoms with Crippen LogP contribution >= 0.6 is 15.9 Å². The van der Waals surface area contributed by atoms with E-state index in [9.17, 15) is 14.5 Å². The third-order valence-corrected chi connectivity index (χ3v) is 2.42. The molecule has 0 bridgehead atoms. The third-order valence-electron chi connectivity index (χ3n) is 1.82. The topological polar surface area (TPSA) is 55.2 Å². The summed E-state index contributed by atoms with van der Waals surface area (Å²) in [6.45, 7) is 5.86. The molecule has 0 radical (unpaired) electrons. The van der Waals surface area contributed by atoms with Gasteiger partial charge in [-0.2, -0.15) is 0 Å². The van der Waals surface area contributed by atoms with Crippen molar-refractivity contribution in [1.82, 2.24) is 0 Å². The minimum atomic E-state index is -0.660. The highest BCUT2D eigenvalue weighted by atomic mass is 79.9. The van der Waals surface area contributed by atoms with E-state index >= 15 is 0 Å². The Hall–Kier alpha value is -1.43. The smallest absolute Gasteiger partial charge is 0.295 e. The number of benzene rings is 1. The molecule has 0 fully saturated rings. The quantitative estimate of drug-likeness (QED) is 0.524. The van der Waals surface area contributed by atoms with Crippen LogP contribution in [0.4, 0.5) is 15.8 Å². The lowest BCUT2D eigenvalue weighted by Gasteiger charge is -2.07. The van der Waals surface area contributed by atoms with Gasteiger partial charge in [0.25, 0.3) is 5.69 Å². The van der Waals surface area contributed by atoms with E-state index in [1.54, 1.807) is 6.92 Å². The van der Waals surface area contributed by atoms with E-state index in [2.05, 4.69) is 27.8 Å². The van der Waals surface area contributed by atoms with E-state index in [1.165, 1.54) is 6.07 Å². The molecule has 0 saturated heterocycles. The molecule has 0 saturated carbocycles. The van der Waals surface area contributed by atoms with Crippen LogP contribution in [-0.4, -0.2) is 11.5 Å². The molecular weight excluding hydrogens is 279 g/mol. The highest BCUT2D eigenvalue weighted by Crippen LogP contribution is 2.30. The number of nitro groups is 1. The number of nitro benzene ring substituents is 1. The van der Waals surface area contributed by atoms with Gasteiger partial charge in [-0.05, 0) is 28.9 Å². The van der Waals surface area contributed by atoms with E-state index in [4.69, 9.17) is 0 Å². The zero-order valence-electron chi connectivity index (χ0n) is 8.59. The van der Waals surface area contributed by atoms with Crippen LogP contribution in [0.5, 0.6) is 0 Å². The first kappa shape index (κ1) is 12.6. The van der Waals surface area contributed by atoms with Crippen LogP contribution in [0.2, 0.25) is 0 Å². The van der Waals surface area contributed by atoms with Gasteiger partial charge in [0.2, 0.25) is 0 Å². The summed E-state index contributed by atoms with van der Waals surface area (Å²) in [5.74, 6) is -0.660. The summed E-state index contributed by atoms with van der Waals surface area (Å²) in [5.41, 5.74) is 0.804. The molecular formula is C10H10BrFN2O2. The molecule has 16 heavy (non-hydrogen) atoms. The molecule has 0 atom stereocenters. The zero-order chi connectivity index (χ0) is 12.3. The Kier molecular flexibility index (Phi) is 4.00. The van der Waals surface area contributed by atoms with E-state index < -0.39 is 10.7 Å². The summed E-state index contributed by atoms with van der Waals surface area (Å²) < 4.78 is 13.3. The minimum Gasteiger partial charge on any atom is -0.376 e. The van der Waals surface area contributed by atoms with Crippen LogP contribution in [-0.2, 0) is 0 Å². The number of nitrogens with one attached hydrogen (secondary N) is 1. The molecule has 0 aromatic heterocycles. The average molecular weight is 289 g/mol. The molecule has 1 aromatic rings. The monoisotopic (exact) mass is 288 g/mol. The normalized spacial score (nSPS) is 9.94. The fourth-order valence-electron chi connectivity index (χ4n) is 1.08. The van der Waals surface area contributed by atoms with Gasteiger partial charge in [0.15, 0.2) is 0 Å². The zero-order valence-corrected chi connectivity index (χ0v) is 10.2. The Balaban J connectivity index is 3.09. The van der Waals surface area contributed by atoms with Crippen molar-refractivity contribution in [3.63, 3.8) is 0 Å². The molecule has 1 N–H and O–H groups in total. The summed E-state index contributed by atoms with van der Waals surface area (Å²) in [6.07, 6.45) is 0. The number of halogens is 2. The Morgan fingerprint density at radius 1 is 1.69 bits per heavy atom. The van der Waals surface area contributed by atoms with Crippen molar-refractivity contribution in [2.75, 3.05) is 11.9 Å². The third kappa shape index (κ3) is 3.03. The molecule has 4 nitrogen and oxygen atoms in total. The van der Waals surface area contributed by atoms with Crippen LogP contribution in [0.15, 0.2) is 28.8 Å². The number of nitrogens with zero attached hydrogens (tertiary/aromatic N) is 1. The first-order chi connectivity index (χ1) is 7.41. The predicted molar refractivity (Wildman–Crippen MR) is 64.1 cm³/mol. The van der Waals surface area contributed by atoms with Crippen molar-refractivity contribution >= 4 is 27.3 Å². The molecule has 0 unspecified atom stereocenters. The molecule has 86 valence electrons. The SMILES string of the molecule is C=C(C)CNc1cc(Br)c(F)cc1[N+](=O)[O-]. The number of hydrogen-bond donors (Lipinski definition) is 1. The largest absolute Gasteiger partial charge is 0.376 e. The van der Waals surface area contributed by atoms with Crippen LogP contribution in [0, 0.1) is 15.9 Å². The molecule has 0 heterocycles. The standard InChI is InChI=1S/C10H10BrFN2O2/c1-6(2)5-13-9-3-7(11)8(12)4-10(9)14(15)16/h3-4,13H,1,5H2,2H3. The molecule has 1 rings (SSSR count). The number of rotatable bonds is 4. The molecule has 0 amide bonds. The van der Waals surface area contributed by atoms with Crippen LogP contribution in [0.1, 0.15) is 6.92 Å². The van der Waals surface area contributed by atoms with Crippen molar-refractivity contribution in [2.45, 2.75) is 6.92 Å². The maximum atomic E-state index is 13.1. The second-order valence-electron chi connectivity index (χ2n) is 3.35. The Morgan fingerprint density at radius 2 is 2.31 bits per heavy atom. The lowest BCUT2D eigenvalue weighted by Crippen LogP contribution is -2.05. The van der Waals surface area contributed by atoms with Crippen molar-refractivity contribution in [2.24, 2.45) is 0 Å². The van der Waals surface area contributed by atoms with Crippen LogP contribution < -0.4 is 5.32 Å². The first-order valence-corrected chi connectivity index (χ1v) is 5.23. The summed E-state index contributed by atoms with van der Waals surface area (Å²) in [5, 5.41) is 13.5. The van der Waals surface area contributed by atoms with E-state index in [0.717, 1.165) is 11.6 Å². The highest BCUT2D eigenvalue weighted by Gasteiger charge is 2.17. The molecule has 0 spiro atoms. The Bertz CT molecular complexity index is 449. The van der Waals surface area contributed by atoms with Gasteiger partial charge in [-0.25, -0.2) is 4.39 Å². The Labute approximate surface area is 100 Å². The second-order valence-corrected chi connectivity index (χ2v) is 4.21. The summed E-state index contributed by atoms with van der Waals surface area (Å²) >= 11 is 2.98. The lowest BCUT2D eigenvalue weighted by molar-refractivity contribution is -0.384. The van der Waals surface area contributed by atoms with Crippen LogP contribution in [0.25, 0.3) is 0 Å². The molecule has 0 aliphatic heterocycles. The number of anilines is 1. The fraction of sp³-hybridized carbons (Fsp3) is 0.200. The van der Waals surface area contributed by atoms with E-state index in [0.29, 0.717) is 6.54 Å². The molecule has 6 heteroatoms. The molecule has 0 aliphatic rings. The highest BCUT2D eigenvalue weighted by molar-refractivity contribution is 9.10. The van der Waals surface area contributed by atoms with Crippen molar-refractivity contribution < 1.29 is 9.31 Å². The fourth-order valence-corrected chi connectivity index (χ4v) is 1.42. The van der Waals surface area contributed by atoms with Gasteiger partial charge < -0.3 is 5.32 Å². The van der Waals surface area contributed by atoms with Crippen LogP contribution in [0.3, 0.4) is 0 Å². The van der Waals surface area contributed by atoms with Gasteiger partial charge in [-0.3, -0.25) is 10.1 Å². The Morgan fingerprint density at radius 3 is 2.81 bits per heavy atom. The maximum absolute atomic E-state index is 13.1. The first-order valence-electron chi connectivity index (χ1n) is 4.43. The van der Waals surface area contributed by atoms with Crippen molar-refractivity contribution in [1.29, 1.82) is 0 Å². The molecule has 1 aromatic carbocycles. The molecule has 0 aliphatic carbocycles. The summed E-state index contributed by atoms with van der Waals surface area (Å²) in [4.78, 5) is 10.1. The van der Waals surface area contributed by atoms with Gasteiger partial charge in [-0.15, -0.1) is 0 Å². The van der Waals surface area contributed by atoms with Gasteiger partial charge in [0.1, 0.15) is 11.5 Å². The maximum Gasteiger partial charge on any atom is 0.295 e. The van der Waals surface area contributed by atoms with E-state index in [1.807, 2.05) is 0 Å². The lowest BCUT2D eigenvalue weighted by atomic mass is 10.2. The predicted octanol–water partition coefficient (Wildman–Crippen LogP) is 3.48. The van der Waals surface area contributed by atoms with E-state index in [-0.39, 0.29) is 15.8 Å². The van der Waals surface area contributed by atoms with Crippen molar-refractivity contribution in [3.8, 4) is 0 Å². The minimum absolute atomic E-state index is 0.183. The number of hydrogen-bond acceptors (Lipinski definition) is 3. The van der Waals surface area contributed by atoms with Gasteiger partial charge in [0, 0.05) is 6.54 Å². The summed E-state index contributed by atoms with van der Waals surface area (Å²) in [6, 6.07) is 2.22. The van der Waals surface area contributed by atoms with Crippen molar-refractivity contribution in [3.05, 3.63) is 44.7 Å². The van der Waals surface area contributed by atoms with Gasteiger partial charge in [0.05, 0.1) is 15.5 Å². The summed E-state index contributed by atoms with van der Waals surface area (Å²) in [7, 11) is 0. The van der Waals surface area contributed by atoms with Gasteiger partial charge in [-0.1, -0.05) is 12.2 Å². The van der Waals surface area contributed by atoms with Gasteiger partial charge >= 0.3 is 0 Å². The second kappa shape index (κ2) is 5.07.